The van der Waals surface area contributed by atoms with Gasteiger partial charge in [0.2, 0.25) is 0 Å². The fraction of sp³-hybridized carbons (Fsp3) is 0.118. The average Bonchev–Trinajstić information content (AvgIpc) is 3.06. The van der Waals surface area contributed by atoms with Gasteiger partial charge in [-0.3, -0.25) is 14.5 Å². The normalized spacial score (nSPS) is 13.9. The summed E-state index contributed by atoms with van der Waals surface area (Å²) in [6.07, 6.45) is 0.359. The first kappa shape index (κ1) is 14.0. The lowest BCUT2D eigenvalue weighted by Gasteiger charge is -2.11. The first-order valence-electron chi connectivity index (χ1n) is 7.14. The van der Waals surface area contributed by atoms with Gasteiger partial charge in [-0.25, -0.2) is 4.98 Å². The molecule has 0 atom stereocenters. The summed E-state index contributed by atoms with van der Waals surface area (Å²) < 4.78 is 5.61. The lowest BCUT2D eigenvalue weighted by Crippen LogP contribution is -2.31. The molecule has 0 bridgehead atoms. The molecule has 5 nitrogen and oxygen atoms in total. The lowest BCUT2D eigenvalue weighted by molar-refractivity contribution is 0.0654. The number of fused-ring (bicyclic) bond motifs is 2. The maximum atomic E-state index is 12.3. The zero-order valence-corrected chi connectivity index (χ0v) is 12.7. The van der Waals surface area contributed by atoms with Crippen LogP contribution in [-0.2, 0) is 6.42 Å². The van der Waals surface area contributed by atoms with Crippen LogP contribution >= 0.6 is 11.6 Å². The maximum absolute atomic E-state index is 12.3. The van der Waals surface area contributed by atoms with Gasteiger partial charge in [0, 0.05) is 24.1 Å². The number of carbonyl (C=O) groups is 2. The minimum atomic E-state index is -0.273. The van der Waals surface area contributed by atoms with Crippen molar-refractivity contribution >= 4 is 34.5 Å². The summed E-state index contributed by atoms with van der Waals surface area (Å²) >= 11 is 5.91. The van der Waals surface area contributed by atoms with Crippen molar-refractivity contribution in [1.29, 1.82) is 0 Å². The number of imide groups is 1. The average molecular weight is 327 g/mol. The van der Waals surface area contributed by atoms with Crippen LogP contribution in [0.3, 0.4) is 0 Å². The van der Waals surface area contributed by atoms with E-state index in [9.17, 15) is 9.59 Å². The smallest absolute Gasteiger partial charge is 0.261 e. The molecule has 0 N–H and O–H groups in total. The standard InChI is InChI=1S/C17H11ClN2O3/c18-10-5-6-13-14(9-10)23-15(19-13)7-8-20-16(21)11-3-1-2-4-12(11)17(20)22/h1-6,9H,7-8H2. The molecule has 0 fully saturated rings. The second kappa shape index (κ2) is 5.21. The van der Waals surface area contributed by atoms with Crippen molar-refractivity contribution in [2.24, 2.45) is 0 Å². The summed E-state index contributed by atoms with van der Waals surface area (Å²) in [4.78, 5) is 30.1. The molecule has 0 unspecified atom stereocenters. The summed E-state index contributed by atoms with van der Waals surface area (Å²) in [6, 6.07) is 12.0. The van der Waals surface area contributed by atoms with E-state index in [1.165, 1.54) is 4.90 Å². The topological polar surface area (TPSA) is 63.4 Å². The molecular weight excluding hydrogens is 316 g/mol. The van der Waals surface area contributed by atoms with Gasteiger partial charge in [-0.2, -0.15) is 0 Å². The second-order valence-electron chi connectivity index (χ2n) is 5.28. The van der Waals surface area contributed by atoms with Crippen LogP contribution in [0.1, 0.15) is 26.6 Å². The Morgan fingerprint density at radius 2 is 1.74 bits per heavy atom. The monoisotopic (exact) mass is 326 g/mol. The van der Waals surface area contributed by atoms with Crippen molar-refractivity contribution in [2.45, 2.75) is 6.42 Å². The van der Waals surface area contributed by atoms with Crippen LogP contribution in [0.5, 0.6) is 0 Å². The van der Waals surface area contributed by atoms with Crippen molar-refractivity contribution in [3.63, 3.8) is 0 Å². The van der Waals surface area contributed by atoms with Crippen LogP contribution in [0.25, 0.3) is 11.1 Å². The predicted molar refractivity (Wildman–Crippen MR) is 84.5 cm³/mol. The molecule has 0 aliphatic carbocycles. The summed E-state index contributed by atoms with van der Waals surface area (Å²) in [5.74, 6) is -0.0756. The SMILES string of the molecule is O=C1c2ccccc2C(=O)N1CCc1nc2ccc(Cl)cc2o1. The molecule has 114 valence electrons. The first-order chi connectivity index (χ1) is 11.1. The number of hydrogen-bond donors (Lipinski definition) is 0. The van der Waals surface area contributed by atoms with Crippen molar-refractivity contribution in [1.82, 2.24) is 9.88 Å². The molecule has 0 radical (unpaired) electrons. The van der Waals surface area contributed by atoms with Gasteiger partial charge in [0.15, 0.2) is 11.5 Å². The third kappa shape index (κ3) is 2.29. The Labute approximate surface area is 136 Å². The van der Waals surface area contributed by atoms with Crippen molar-refractivity contribution < 1.29 is 14.0 Å². The Kier molecular flexibility index (Phi) is 3.16. The highest BCUT2D eigenvalue weighted by Crippen LogP contribution is 2.24. The van der Waals surface area contributed by atoms with Crippen molar-refractivity contribution in [3.05, 3.63) is 64.5 Å². The summed E-state index contributed by atoms with van der Waals surface area (Å²) in [5.41, 5.74) is 2.19. The zero-order chi connectivity index (χ0) is 16.0. The van der Waals surface area contributed by atoms with Gasteiger partial charge >= 0.3 is 0 Å². The van der Waals surface area contributed by atoms with Crippen LogP contribution in [0.2, 0.25) is 5.02 Å². The molecule has 1 aliphatic rings. The van der Waals surface area contributed by atoms with Gasteiger partial charge in [0.1, 0.15) is 5.52 Å². The summed E-state index contributed by atoms with van der Waals surface area (Å²) in [7, 11) is 0. The number of oxazole rings is 1. The highest BCUT2D eigenvalue weighted by molar-refractivity contribution is 6.31. The minimum absolute atomic E-state index is 0.229. The Morgan fingerprint density at radius 3 is 2.43 bits per heavy atom. The van der Waals surface area contributed by atoms with Gasteiger partial charge in [-0.05, 0) is 24.3 Å². The van der Waals surface area contributed by atoms with Crippen LogP contribution < -0.4 is 0 Å². The molecule has 2 amide bonds. The molecule has 0 spiro atoms. The van der Waals surface area contributed by atoms with E-state index in [4.69, 9.17) is 16.0 Å². The Bertz CT molecular complexity index is 913. The Hall–Kier alpha value is -2.66. The molecule has 1 aliphatic heterocycles. The molecule has 3 aromatic rings. The Balaban J connectivity index is 1.55. The highest BCUT2D eigenvalue weighted by Gasteiger charge is 2.34. The number of nitrogens with zero attached hydrogens (tertiary/aromatic N) is 2. The third-order valence-corrected chi connectivity index (χ3v) is 4.06. The predicted octanol–water partition coefficient (Wildman–Crippen LogP) is 3.32. The quantitative estimate of drug-likeness (QED) is 0.693. The molecule has 0 saturated carbocycles. The van der Waals surface area contributed by atoms with Crippen molar-refractivity contribution in [3.8, 4) is 0 Å². The molecule has 1 aromatic heterocycles. The molecule has 2 heterocycles. The van der Waals surface area contributed by atoms with Gasteiger partial charge < -0.3 is 4.42 Å². The van der Waals surface area contributed by atoms with Crippen molar-refractivity contribution in [2.75, 3.05) is 6.54 Å². The number of carbonyl (C=O) groups excluding carboxylic acids is 2. The maximum Gasteiger partial charge on any atom is 0.261 e. The van der Waals surface area contributed by atoms with Crippen LogP contribution in [0, 0.1) is 0 Å². The fourth-order valence-corrected chi connectivity index (χ4v) is 2.86. The molecular formula is C17H11ClN2O3. The van der Waals surface area contributed by atoms with Crippen LogP contribution in [-0.4, -0.2) is 28.2 Å². The van der Waals surface area contributed by atoms with E-state index in [0.29, 0.717) is 39.6 Å². The lowest BCUT2D eigenvalue weighted by atomic mass is 10.1. The first-order valence-corrected chi connectivity index (χ1v) is 7.51. The van der Waals surface area contributed by atoms with E-state index in [2.05, 4.69) is 4.98 Å². The van der Waals surface area contributed by atoms with Gasteiger partial charge in [-0.1, -0.05) is 23.7 Å². The number of aromatic nitrogens is 1. The number of halogens is 1. The van der Waals surface area contributed by atoms with E-state index in [-0.39, 0.29) is 18.4 Å². The van der Waals surface area contributed by atoms with E-state index >= 15 is 0 Å². The fourth-order valence-electron chi connectivity index (χ4n) is 2.70. The van der Waals surface area contributed by atoms with Gasteiger partial charge in [0.25, 0.3) is 11.8 Å². The summed E-state index contributed by atoms with van der Waals surface area (Å²) in [5, 5.41) is 0.570. The molecule has 0 saturated heterocycles. The molecule has 6 heteroatoms. The number of hydrogen-bond acceptors (Lipinski definition) is 4. The number of rotatable bonds is 3. The van der Waals surface area contributed by atoms with E-state index in [1.54, 1.807) is 42.5 Å². The highest BCUT2D eigenvalue weighted by atomic mass is 35.5. The van der Waals surface area contributed by atoms with E-state index in [0.717, 1.165) is 0 Å². The second-order valence-corrected chi connectivity index (χ2v) is 5.71. The van der Waals surface area contributed by atoms with Crippen LogP contribution in [0.15, 0.2) is 46.9 Å². The Morgan fingerprint density at radius 1 is 1.04 bits per heavy atom. The molecule has 2 aromatic carbocycles. The largest absolute Gasteiger partial charge is 0.441 e. The minimum Gasteiger partial charge on any atom is -0.441 e. The van der Waals surface area contributed by atoms with Crippen LogP contribution in [0.4, 0.5) is 0 Å². The number of benzene rings is 2. The molecule has 4 rings (SSSR count). The number of amides is 2. The zero-order valence-electron chi connectivity index (χ0n) is 12.0. The third-order valence-electron chi connectivity index (χ3n) is 3.82. The van der Waals surface area contributed by atoms with Gasteiger partial charge in [-0.15, -0.1) is 0 Å². The van der Waals surface area contributed by atoms with Gasteiger partial charge in [0.05, 0.1) is 11.1 Å². The van der Waals surface area contributed by atoms with E-state index in [1.807, 2.05) is 0 Å². The summed E-state index contributed by atoms with van der Waals surface area (Å²) in [6.45, 7) is 0.229. The molecule has 23 heavy (non-hydrogen) atoms. The van der Waals surface area contributed by atoms with E-state index < -0.39 is 0 Å².